The highest BCUT2D eigenvalue weighted by molar-refractivity contribution is 7.54. The minimum absolute atomic E-state index is 0.355. The molecule has 0 fully saturated rings. The van der Waals surface area contributed by atoms with Gasteiger partial charge in [-0.2, -0.15) is 0 Å². The predicted octanol–water partition coefficient (Wildman–Crippen LogP) is 5.35. The SMILES string of the molecule is CCN(CC)P(=O)(Oc1occc1Cc1cccc(C)c1)N(CC)CC. The Hall–Kier alpha value is -1.55. The molecule has 0 N–H and O–H groups in total. The quantitative estimate of drug-likeness (QED) is 0.522. The molecule has 0 unspecified atom stereocenters. The maximum Gasteiger partial charge on any atom is 0.397 e. The van der Waals surface area contributed by atoms with Gasteiger partial charge in [0, 0.05) is 38.2 Å². The molecular formula is C20H31N2O3P. The summed E-state index contributed by atoms with van der Waals surface area (Å²) in [5.74, 6) is 0.355. The number of aryl methyl sites for hydroxylation is 1. The Morgan fingerprint density at radius 3 is 2.15 bits per heavy atom. The largest absolute Gasteiger partial charge is 0.434 e. The molecule has 26 heavy (non-hydrogen) atoms. The second kappa shape index (κ2) is 9.40. The maximum atomic E-state index is 13.8. The molecule has 0 spiro atoms. The van der Waals surface area contributed by atoms with Crippen LogP contribution in [0.3, 0.4) is 0 Å². The van der Waals surface area contributed by atoms with E-state index in [2.05, 4.69) is 25.1 Å². The van der Waals surface area contributed by atoms with E-state index in [0.717, 1.165) is 5.56 Å². The summed E-state index contributed by atoms with van der Waals surface area (Å²) in [6.45, 7) is 12.7. The number of benzene rings is 1. The summed E-state index contributed by atoms with van der Waals surface area (Å²) >= 11 is 0. The van der Waals surface area contributed by atoms with Crippen LogP contribution in [-0.4, -0.2) is 35.5 Å². The Labute approximate surface area is 157 Å². The summed E-state index contributed by atoms with van der Waals surface area (Å²) in [6.07, 6.45) is 2.29. The van der Waals surface area contributed by atoms with Crippen LogP contribution in [0.2, 0.25) is 0 Å². The van der Waals surface area contributed by atoms with E-state index in [9.17, 15) is 4.57 Å². The van der Waals surface area contributed by atoms with Crippen molar-refractivity contribution < 1.29 is 13.5 Å². The lowest BCUT2D eigenvalue weighted by Crippen LogP contribution is -2.34. The molecular weight excluding hydrogens is 347 g/mol. The molecule has 0 saturated carbocycles. The summed E-state index contributed by atoms with van der Waals surface area (Å²) in [6, 6.07) is 10.2. The van der Waals surface area contributed by atoms with Crippen molar-refractivity contribution in [2.24, 2.45) is 0 Å². The fourth-order valence-electron chi connectivity index (χ4n) is 3.14. The molecule has 5 nitrogen and oxygen atoms in total. The van der Waals surface area contributed by atoms with Gasteiger partial charge in [-0.25, -0.2) is 13.9 Å². The van der Waals surface area contributed by atoms with Crippen LogP contribution in [-0.2, 0) is 11.0 Å². The van der Waals surface area contributed by atoms with Crippen LogP contribution < -0.4 is 4.52 Å². The van der Waals surface area contributed by atoms with E-state index in [0.29, 0.717) is 38.5 Å². The number of rotatable bonds is 10. The van der Waals surface area contributed by atoms with Crippen molar-refractivity contribution in [2.45, 2.75) is 41.0 Å². The third-order valence-corrected chi connectivity index (χ3v) is 7.53. The number of nitrogens with zero attached hydrogens (tertiary/aromatic N) is 2. The Kier molecular flexibility index (Phi) is 7.51. The molecule has 0 radical (unpaired) electrons. The predicted molar refractivity (Wildman–Crippen MR) is 107 cm³/mol. The van der Waals surface area contributed by atoms with Crippen molar-refractivity contribution in [2.75, 3.05) is 26.2 Å². The highest BCUT2D eigenvalue weighted by atomic mass is 31.2. The van der Waals surface area contributed by atoms with Crippen molar-refractivity contribution in [1.29, 1.82) is 0 Å². The Bertz CT molecular complexity index is 720. The standard InChI is InChI=1S/C20H31N2O3P/c1-6-21(7-2)26(23,22(8-3)9-4)25-20-19(13-14-24-20)16-18-12-10-11-17(5)15-18/h10-15H,6-9,16H2,1-5H3. The van der Waals surface area contributed by atoms with Crippen molar-refractivity contribution >= 4 is 7.67 Å². The van der Waals surface area contributed by atoms with Gasteiger partial charge in [-0.3, -0.25) is 0 Å². The Morgan fingerprint density at radius 1 is 1.00 bits per heavy atom. The van der Waals surface area contributed by atoms with Crippen molar-refractivity contribution in [3.8, 4) is 5.95 Å². The first-order chi connectivity index (χ1) is 12.5. The molecule has 144 valence electrons. The van der Waals surface area contributed by atoms with Crippen LogP contribution in [0.4, 0.5) is 0 Å². The highest BCUT2D eigenvalue weighted by Gasteiger charge is 2.38. The number of furan rings is 1. The monoisotopic (exact) mass is 378 g/mol. The van der Waals surface area contributed by atoms with Gasteiger partial charge >= 0.3 is 7.67 Å². The minimum Gasteiger partial charge on any atom is -0.434 e. The van der Waals surface area contributed by atoms with Gasteiger partial charge in [0.1, 0.15) is 0 Å². The second-order valence-electron chi connectivity index (χ2n) is 6.26. The normalized spacial score (nSPS) is 12.1. The van der Waals surface area contributed by atoms with Crippen LogP contribution in [0.15, 0.2) is 41.0 Å². The van der Waals surface area contributed by atoms with Crippen LogP contribution >= 0.6 is 7.67 Å². The molecule has 0 bridgehead atoms. The molecule has 2 rings (SSSR count). The fourth-order valence-corrected chi connectivity index (χ4v) is 5.53. The van der Waals surface area contributed by atoms with Gasteiger partial charge in [0.05, 0.1) is 6.26 Å². The van der Waals surface area contributed by atoms with Gasteiger partial charge in [-0.05, 0) is 18.6 Å². The molecule has 2 aromatic rings. The smallest absolute Gasteiger partial charge is 0.397 e. The molecule has 1 aromatic heterocycles. The first-order valence-electron chi connectivity index (χ1n) is 9.40. The van der Waals surface area contributed by atoms with E-state index in [1.807, 2.05) is 49.2 Å². The average Bonchev–Trinajstić information content (AvgIpc) is 3.03. The van der Waals surface area contributed by atoms with Crippen LogP contribution in [0.25, 0.3) is 0 Å². The van der Waals surface area contributed by atoms with Gasteiger partial charge in [-0.1, -0.05) is 57.5 Å². The number of hydrogen-bond acceptors (Lipinski definition) is 3. The first-order valence-corrected chi connectivity index (χ1v) is 10.9. The Balaban J connectivity index is 2.32. The summed E-state index contributed by atoms with van der Waals surface area (Å²) in [7, 11) is -3.20. The summed E-state index contributed by atoms with van der Waals surface area (Å²) < 4.78 is 29.3. The third kappa shape index (κ3) is 4.59. The average molecular weight is 378 g/mol. The lowest BCUT2D eigenvalue weighted by Gasteiger charge is -2.35. The van der Waals surface area contributed by atoms with Gasteiger partial charge in [0.15, 0.2) is 0 Å². The first kappa shape index (κ1) is 20.8. The molecule has 0 aliphatic carbocycles. The van der Waals surface area contributed by atoms with Gasteiger partial charge in [0.2, 0.25) is 0 Å². The zero-order valence-corrected chi connectivity index (χ0v) is 17.5. The van der Waals surface area contributed by atoms with Crippen molar-refractivity contribution in [3.05, 3.63) is 53.3 Å². The van der Waals surface area contributed by atoms with Crippen molar-refractivity contribution in [3.63, 3.8) is 0 Å². The second-order valence-corrected chi connectivity index (χ2v) is 8.55. The molecule has 6 heteroatoms. The Morgan fingerprint density at radius 2 is 1.62 bits per heavy atom. The minimum atomic E-state index is -3.20. The van der Waals surface area contributed by atoms with E-state index in [-0.39, 0.29) is 0 Å². The van der Waals surface area contributed by atoms with E-state index < -0.39 is 7.67 Å². The van der Waals surface area contributed by atoms with Crippen molar-refractivity contribution in [1.82, 2.24) is 9.34 Å². The summed E-state index contributed by atoms with van der Waals surface area (Å²) in [5.41, 5.74) is 3.30. The van der Waals surface area contributed by atoms with E-state index in [4.69, 9.17) is 8.94 Å². The molecule has 0 aliphatic rings. The lowest BCUT2D eigenvalue weighted by atomic mass is 10.1. The van der Waals surface area contributed by atoms with E-state index >= 15 is 0 Å². The molecule has 0 amide bonds. The highest BCUT2D eigenvalue weighted by Crippen LogP contribution is 2.54. The maximum absolute atomic E-state index is 13.8. The lowest BCUT2D eigenvalue weighted by molar-refractivity contribution is 0.265. The topological polar surface area (TPSA) is 45.9 Å². The summed E-state index contributed by atoms with van der Waals surface area (Å²) in [4.78, 5) is 0. The van der Waals surface area contributed by atoms with E-state index in [1.54, 1.807) is 6.26 Å². The number of hydrogen-bond donors (Lipinski definition) is 0. The van der Waals surface area contributed by atoms with Crippen LogP contribution in [0, 0.1) is 6.92 Å². The molecule has 1 aromatic carbocycles. The molecule has 1 heterocycles. The van der Waals surface area contributed by atoms with Gasteiger partial charge < -0.3 is 8.94 Å². The van der Waals surface area contributed by atoms with Gasteiger partial charge in [0.25, 0.3) is 5.95 Å². The molecule has 0 atom stereocenters. The molecule has 0 saturated heterocycles. The van der Waals surface area contributed by atoms with Gasteiger partial charge in [-0.15, -0.1) is 0 Å². The zero-order valence-electron chi connectivity index (χ0n) is 16.6. The van der Waals surface area contributed by atoms with Crippen LogP contribution in [0.1, 0.15) is 44.4 Å². The molecule has 0 aliphatic heterocycles. The third-order valence-electron chi connectivity index (χ3n) is 4.56. The van der Waals surface area contributed by atoms with Crippen LogP contribution in [0.5, 0.6) is 5.95 Å². The summed E-state index contributed by atoms with van der Waals surface area (Å²) in [5, 5.41) is 0. The zero-order chi connectivity index (χ0) is 19.2. The van der Waals surface area contributed by atoms with E-state index in [1.165, 1.54) is 11.1 Å². The fraction of sp³-hybridized carbons (Fsp3) is 0.500.